The number of piperazine rings is 1. The predicted molar refractivity (Wildman–Crippen MR) is 111 cm³/mol. The predicted octanol–water partition coefficient (Wildman–Crippen LogP) is 3.37. The van der Waals surface area contributed by atoms with Gasteiger partial charge in [0.05, 0.1) is 5.56 Å². The van der Waals surface area contributed by atoms with Crippen molar-refractivity contribution in [3.05, 3.63) is 35.4 Å². The number of urea groups is 1. The van der Waals surface area contributed by atoms with Crippen LogP contribution in [0.4, 0.5) is 18.0 Å². The number of hydrogen-bond donors (Lipinski definition) is 2. The van der Waals surface area contributed by atoms with Crippen LogP contribution in [0.15, 0.2) is 24.3 Å². The van der Waals surface area contributed by atoms with Crippen LogP contribution >= 0.6 is 0 Å². The van der Waals surface area contributed by atoms with E-state index >= 15 is 0 Å². The van der Waals surface area contributed by atoms with Crippen molar-refractivity contribution in [1.82, 2.24) is 20.4 Å². The summed E-state index contributed by atoms with van der Waals surface area (Å²) in [5.41, 5.74) is 0.175. The molecule has 31 heavy (non-hydrogen) atoms. The molecule has 1 heterocycles. The van der Waals surface area contributed by atoms with E-state index in [0.29, 0.717) is 39.3 Å². The maximum Gasteiger partial charge on any atom is 0.416 e. The third-order valence-electron chi connectivity index (χ3n) is 5.98. The smallest absolute Gasteiger partial charge is 0.340 e. The molecule has 2 fully saturated rings. The minimum atomic E-state index is -4.32. The molecule has 1 aromatic rings. The second kappa shape index (κ2) is 10.8. The topological polar surface area (TPSA) is 64.7 Å². The summed E-state index contributed by atoms with van der Waals surface area (Å²) in [6, 6.07) is 5.25. The highest BCUT2D eigenvalue weighted by molar-refractivity contribution is 5.78. The Morgan fingerprint density at radius 2 is 1.61 bits per heavy atom. The van der Waals surface area contributed by atoms with Crippen molar-refractivity contribution in [2.24, 2.45) is 0 Å². The third kappa shape index (κ3) is 7.41. The molecule has 172 valence electrons. The number of alkyl halides is 3. The number of carbonyl (C=O) groups excluding carboxylic acids is 2. The standard InChI is InChI=1S/C22H31F3N4O2/c23-22(24,25)18-8-6-17(7-9-18)16-28-12-14-29(15-13-28)20(30)10-11-26-21(31)27-19-4-2-1-3-5-19/h6-9,19H,1-5,10-16H2,(H2,26,27,31). The Kier molecular flexibility index (Phi) is 8.17. The molecule has 0 spiro atoms. The van der Waals surface area contributed by atoms with Crippen LogP contribution in [-0.2, 0) is 17.5 Å². The van der Waals surface area contributed by atoms with Gasteiger partial charge in [0.1, 0.15) is 0 Å². The lowest BCUT2D eigenvalue weighted by atomic mass is 9.96. The highest BCUT2D eigenvalue weighted by atomic mass is 19.4. The van der Waals surface area contributed by atoms with E-state index in [2.05, 4.69) is 15.5 Å². The summed E-state index contributed by atoms with van der Waals surface area (Å²) in [5.74, 6) is 0.00662. The van der Waals surface area contributed by atoms with Crippen LogP contribution in [0.2, 0.25) is 0 Å². The van der Waals surface area contributed by atoms with Crippen LogP contribution in [0, 0.1) is 0 Å². The minimum Gasteiger partial charge on any atom is -0.340 e. The van der Waals surface area contributed by atoms with Crippen LogP contribution in [0.3, 0.4) is 0 Å². The first kappa shape index (κ1) is 23.4. The largest absolute Gasteiger partial charge is 0.416 e. The Balaban J connectivity index is 1.32. The highest BCUT2D eigenvalue weighted by Gasteiger charge is 2.30. The summed E-state index contributed by atoms with van der Waals surface area (Å²) in [6.07, 6.45) is 1.49. The average molecular weight is 441 g/mol. The van der Waals surface area contributed by atoms with Gasteiger partial charge in [-0.25, -0.2) is 4.79 Å². The number of amides is 3. The van der Waals surface area contributed by atoms with Gasteiger partial charge in [0.15, 0.2) is 0 Å². The molecule has 0 aromatic heterocycles. The Labute approximate surface area is 181 Å². The van der Waals surface area contributed by atoms with E-state index in [0.717, 1.165) is 43.4 Å². The van der Waals surface area contributed by atoms with Crippen molar-refractivity contribution < 1.29 is 22.8 Å². The quantitative estimate of drug-likeness (QED) is 0.713. The zero-order valence-corrected chi connectivity index (χ0v) is 17.7. The van der Waals surface area contributed by atoms with Crippen LogP contribution in [0.5, 0.6) is 0 Å². The van der Waals surface area contributed by atoms with Gasteiger partial charge in [0, 0.05) is 51.7 Å². The molecule has 1 aliphatic heterocycles. The SMILES string of the molecule is O=C(NCCC(=O)N1CCN(Cc2ccc(C(F)(F)F)cc2)CC1)NC1CCCCC1. The zero-order valence-electron chi connectivity index (χ0n) is 17.7. The van der Waals surface area contributed by atoms with Gasteiger partial charge < -0.3 is 15.5 Å². The van der Waals surface area contributed by atoms with Gasteiger partial charge in [-0.15, -0.1) is 0 Å². The Hall–Kier alpha value is -2.29. The van der Waals surface area contributed by atoms with E-state index in [-0.39, 0.29) is 24.4 Å². The molecule has 0 radical (unpaired) electrons. The molecule has 1 saturated carbocycles. The summed E-state index contributed by atoms with van der Waals surface area (Å²) >= 11 is 0. The second-order valence-corrected chi connectivity index (χ2v) is 8.34. The first-order chi connectivity index (χ1) is 14.8. The Morgan fingerprint density at radius 1 is 0.968 bits per heavy atom. The molecule has 9 heteroatoms. The average Bonchev–Trinajstić information content (AvgIpc) is 2.74. The molecule has 1 saturated heterocycles. The summed E-state index contributed by atoms with van der Waals surface area (Å²) in [7, 11) is 0. The fraction of sp³-hybridized carbons (Fsp3) is 0.636. The summed E-state index contributed by atoms with van der Waals surface area (Å²) in [6.45, 7) is 3.36. The van der Waals surface area contributed by atoms with Gasteiger partial charge in [0.2, 0.25) is 5.91 Å². The van der Waals surface area contributed by atoms with Crippen LogP contribution in [-0.4, -0.2) is 60.5 Å². The van der Waals surface area contributed by atoms with Crippen LogP contribution in [0.25, 0.3) is 0 Å². The molecule has 3 rings (SSSR count). The number of nitrogens with zero attached hydrogens (tertiary/aromatic N) is 2. The molecule has 2 aliphatic rings. The van der Waals surface area contributed by atoms with E-state index in [9.17, 15) is 22.8 Å². The lowest BCUT2D eigenvalue weighted by molar-refractivity contribution is -0.137. The van der Waals surface area contributed by atoms with Gasteiger partial charge in [-0.1, -0.05) is 31.4 Å². The lowest BCUT2D eigenvalue weighted by Crippen LogP contribution is -2.49. The maximum absolute atomic E-state index is 12.7. The second-order valence-electron chi connectivity index (χ2n) is 8.34. The molecule has 1 aliphatic carbocycles. The summed E-state index contributed by atoms with van der Waals surface area (Å²) in [4.78, 5) is 28.2. The fourth-order valence-corrected chi connectivity index (χ4v) is 4.14. The molecular formula is C22H31F3N4O2. The Morgan fingerprint density at radius 3 is 2.23 bits per heavy atom. The number of halogens is 3. The van der Waals surface area contributed by atoms with E-state index in [4.69, 9.17) is 0 Å². The van der Waals surface area contributed by atoms with E-state index in [1.54, 1.807) is 4.90 Å². The first-order valence-corrected chi connectivity index (χ1v) is 11.0. The molecule has 0 unspecified atom stereocenters. The van der Waals surface area contributed by atoms with Crippen LogP contribution < -0.4 is 10.6 Å². The summed E-state index contributed by atoms with van der Waals surface area (Å²) < 4.78 is 38.0. The maximum atomic E-state index is 12.7. The molecule has 1 aromatic carbocycles. The lowest BCUT2D eigenvalue weighted by Gasteiger charge is -2.35. The van der Waals surface area contributed by atoms with Crippen LogP contribution in [0.1, 0.15) is 49.7 Å². The van der Waals surface area contributed by atoms with Gasteiger partial charge in [0.25, 0.3) is 0 Å². The highest BCUT2D eigenvalue weighted by Crippen LogP contribution is 2.29. The number of nitrogens with one attached hydrogen (secondary N) is 2. The number of benzene rings is 1. The van der Waals surface area contributed by atoms with Gasteiger partial charge in [-0.3, -0.25) is 9.69 Å². The van der Waals surface area contributed by atoms with Crippen molar-refractivity contribution in [1.29, 1.82) is 0 Å². The van der Waals surface area contributed by atoms with Gasteiger partial charge in [-0.2, -0.15) is 13.2 Å². The monoisotopic (exact) mass is 440 g/mol. The number of carbonyl (C=O) groups is 2. The number of rotatable bonds is 6. The molecule has 6 nitrogen and oxygen atoms in total. The van der Waals surface area contributed by atoms with Crippen molar-refractivity contribution in [3.8, 4) is 0 Å². The normalized spacial score (nSPS) is 18.6. The third-order valence-corrected chi connectivity index (χ3v) is 5.98. The first-order valence-electron chi connectivity index (χ1n) is 11.0. The molecule has 3 amide bonds. The van der Waals surface area contributed by atoms with Crippen molar-refractivity contribution >= 4 is 11.9 Å². The fourth-order valence-electron chi connectivity index (χ4n) is 4.14. The minimum absolute atomic E-state index is 0.00662. The zero-order chi connectivity index (χ0) is 22.3. The molecular weight excluding hydrogens is 409 g/mol. The molecule has 0 atom stereocenters. The van der Waals surface area contributed by atoms with Crippen molar-refractivity contribution in [3.63, 3.8) is 0 Å². The number of hydrogen-bond acceptors (Lipinski definition) is 3. The van der Waals surface area contributed by atoms with Crippen molar-refractivity contribution in [2.75, 3.05) is 32.7 Å². The van der Waals surface area contributed by atoms with Gasteiger partial charge in [-0.05, 0) is 30.5 Å². The molecule has 2 N–H and O–H groups in total. The van der Waals surface area contributed by atoms with E-state index in [1.807, 2.05) is 0 Å². The van der Waals surface area contributed by atoms with E-state index in [1.165, 1.54) is 18.6 Å². The molecule has 0 bridgehead atoms. The summed E-state index contributed by atoms with van der Waals surface area (Å²) in [5, 5.41) is 5.74. The van der Waals surface area contributed by atoms with Gasteiger partial charge >= 0.3 is 12.2 Å². The Bertz CT molecular complexity index is 725. The van der Waals surface area contributed by atoms with Crippen molar-refractivity contribution in [2.45, 2.75) is 57.3 Å². The van der Waals surface area contributed by atoms with E-state index < -0.39 is 11.7 Å².